The highest BCUT2D eigenvalue weighted by Crippen LogP contribution is 2.39. The van der Waals surface area contributed by atoms with Gasteiger partial charge in [-0.3, -0.25) is 4.79 Å². The fourth-order valence-corrected chi connectivity index (χ4v) is 2.88. The largest absolute Gasteiger partial charge is 0.481 e. The first-order chi connectivity index (χ1) is 9.37. The molecule has 1 fully saturated rings. The average Bonchev–Trinajstić information content (AvgIpc) is 3.08. The van der Waals surface area contributed by atoms with Crippen LogP contribution >= 0.6 is 11.8 Å². The second-order valence-corrected chi connectivity index (χ2v) is 7.39. The van der Waals surface area contributed by atoms with Gasteiger partial charge in [0.1, 0.15) is 5.82 Å². The molecule has 20 heavy (non-hydrogen) atoms. The van der Waals surface area contributed by atoms with E-state index in [0.29, 0.717) is 17.6 Å². The molecule has 2 N–H and O–H groups in total. The van der Waals surface area contributed by atoms with E-state index in [4.69, 9.17) is 5.11 Å². The number of hydrogen-bond donors (Lipinski definition) is 2. The van der Waals surface area contributed by atoms with Crippen molar-refractivity contribution in [3.8, 4) is 0 Å². The molecule has 0 unspecified atom stereocenters. The van der Waals surface area contributed by atoms with Gasteiger partial charge in [0.15, 0.2) is 5.16 Å². The fourth-order valence-electron chi connectivity index (χ4n) is 1.73. The predicted molar refractivity (Wildman–Crippen MR) is 73.2 cm³/mol. The topological polar surface area (TPSA) is 114 Å². The van der Waals surface area contributed by atoms with Gasteiger partial charge in [0.25, 0.3) is 0 Å². The number of nitrogens with one attached hydrogen (secondary N) is 1. The van der Waals surface area contributed by atoms with Crippen LogP contribution in [0.25, 0.3) is 0 Å². The molecule has 1 saturated carbocycles. The van der Waals surface area contributed by atoms with E-state index in [1.165, 1.54) is 0 Å². The molecule has 1 aromatic rings. The Morgan fingerprint density at radius 2 is 2.20 bits per heavy atom. The van der Waals surface area contributed by atoms with E-state index in [1.54, 1.807) is 0 Å². The third kappa shape index (κ3) is 4.46. The van der Waals surface area contributed by atoms with E-state index in [0.717, 1.165) is 36.7 Å². The Morgan fingerprint density at radius 1 is 1.50 bits per heavy atom. The molecule has 0 spiro atoms. The van der Waals surface area contributed by atoms with Gasteiger partial charge in [-0.1, -0.05) is 11.8 Å². The minimum atomic E-state index is -3.24. The number of rotatable bonds is 8. The maximum atomic E-state index is 11.1. The minimum Gasteiger partial charge on any atom is -0.481 e. The first-order valence-electron chi connectivity index (χ1n) is 6.09. The zero-order chi connectivity index (χ0) is 14.8. The lowest BCUT2D eigenvalue weighted by molar-refractivity contribution is -0.133. The van der Waals surface area contributed by atoms with Crippen molar-refractivity contribution in [3.63, 3.8) is 0 Å². The first kappa shape index (κ1) is 15.3. The van der Waals surface area contributed by atoms with Gasteiger partial charge < -0.3 is 9.67 Å². The van der Waals surface area contributed by atoms with Crippen LogP contribution in [0, 0.1) is 0 Å². The maximum Gasteiger partial charge on any atom is 0.313 e. The Hall–Kier alpha value is -1.13. The monoisotopic (exact) mass is 320 g/mol. The van der Waals surface area contributed by atoms with E-state index < -0.39 is 16.0 Å². The number of aliphatic carboxylic acids is 1. The smallest absolute Gasteiger partial charge is 0.313 e. The summed E-state index contributed by atoms with van der Waals surface area (Å²) in [5, 5.41) is 17.3. The summed E-state index contributed by atoms with van der Waals surface area (Å²) < 4.78 is 26.3. The number of hydrogen-bond acceptors (Lipinski definition) is 6. The van der Waals surface area contributed by atoms with E-state index in [-0.39, 0.29) is 12.3 Å². The molecule has 0 amide bonds. The van der Waals surface area contributed by atoms with Gasteiger partial charge in [-0.15, -0.1) is 10.2 Å². The van der Waals surface area contributed by atoms with Crippen molar-refractivity contribution in [3.05, 3.63) is 5.82 Å². The molecular formula is C10H16N4O4S2. The van der Waals surface area contributed by atoms with Crippen molar-refractivity contribution in [1.82, 2.24) is 19.5 Å². The van der Waals surface area contributed by atoms with Crippen molar-refractivity contribution in [1.29, 1.82) is 0 Å². The first-order valence-corrected chi connectivity index (χ1v) is 8.97. The third-order valence-electron chi connectivity index (χ3n) is 2.71. The van der Waals surface area contributed by atoms with Crippen LogP contribution in [0.2, 0.25) is 0 Å². The lowest BCUT2D eigenvalue weighted by atomic mass is 10.4. The van der Waals surface area contributed by atoms with E-state index in [1.807, 2.05) is 4.57 Å². The summed E-state index contributed by atoms with van der Waals surface area (Å²) in [6.07, 6.45) is 3.18. The van der Waals surface area contributed by atoms with Crippen molar-refractivity contribution >= 4 is 27.8 Å². The predicted octanol–water partition coefficient (Wildman–Crippen LogP) is -0.119. The van der Waals surface area contributed by atoms with Crippen LogP contribution in [0.1, 0.15) is 24.6 Å². The normalized spacial score (nSPS) is 15.4. The number of thioether (sulfide) groups is 1. The highest BCUT2D eigenvalue weighted by molar-refractivity contribution is 7.99. The van der Waals surface area contributed by atoms with E-state index in [2.05, 4.69) is 14.9 Å². The van der Waals surface area contributed by atoms with Gasteiger partial charge in [-0.05, 0) is 12.8 Å². The van der Waals surface area contributed by atoms with Crippen LogP contribution in [0.4, 0.5) is 0 Å². The van der Waals surface area contributed by atoms with Crippen LogP contribution in [0.5, 0.6) is 0 Å². The highest BCUT2D eigenvalue weighted by Gasteiger charge is 2.30. The van der Waals surface area contributed by atoms with Crippen LogP contribution in [0.3, 0.4) is 0 Å². The molecule has 10 heteroatoms. The standard InChI is InChI=1S/C10H16N4O4S2/c1-20(17,18)11-4-5-14-9(7-2-3-7)12-13-10(14)19-6-8(15)16/h7,11H,2-6H2,1H3,(H,15,16). The third-order valence-corrected chi connectivity index (χ3v) is 4.39. The summed E-state index contributed by atoms with van der Waals surface area (Å²) in [6, 6.07) is 0. The molecule has 0 aromatic carbocycles. The molecule has 0 aliphatic heterocycles. The number of carboxylic acids is 1. The van der Waals surface area contributed by atoms with Gasteiger partial charge in [0.2, 0.25) is 10.0 Å². The minimum absolute atomic E-state index is 0.0949. The summed E-state index contributed by atoms with van der Waals surface area (Å²) in [6.45, 7) is 0.630. The van der Waals surface area contributed by atoms with E-state index >= 15 is 0 Å². The molecule has 0 atom stereocenters. The van der Waals surface area contributed by atoms with E-state index in [9.17, 15) is 13.2 Å². The Kier molecular flexibility index (Phi) is 4.66. The average molecular weight is 320 g/mol. The SMILES string of the molecule is CS(=O)(=O)NCCn1c(SCC(=O)O)nnc1C1CC1. The molecule has 1 aromatic heterocycles. The van der Waals surface area contributed by atoms with Crippen molar-refractivity contribution in [2.45, 2.75) is 30.5 Å². The summed E-state index contributed by atoms with van der Waals surface area (Å²) in [5.74, 6) is 0.155. The second kappa shape index (κ2) is 6.10. The van der Waals surface area contributed by atoms with Crippen LogP contribution < -0.4 is 4.72 Å². The molecule has 1 aliphatic rings. The van der Waals surface area contributed by atoms with Gasteiger partial charge in [-0.25, -0.2) is 13.1 Å². The van der Waals surface area contributed by atoms with Crippen molar-refractivity contribution < 1.29 is 18.3 Å². The van der Waals surface area contributed by atoms with Gasteiger partial charge in [-0.2, -0.15) is 0 Å². The molecular weight excluding hydrogens is 304 g/mol. The zero-order valence-corrected chi connectivity index (χ0v) is 12.6. The number of sulfonamides is 1. The fraction of sp³-hybridized carbons (Fsp3) is 0.700. The van der Waals surface area contributed by atoms with Gasteiger partial charge in [0, 0.05) is 19.0 Å². The molecule has 1 aliphatic carbocycles. The Balaban J connectivity index is 2.06. The Morgan fingerprint density at radius 3 is 2.75 bits per heavy atom. The van der Waals surface area contributed by atoms with Crippen LogP contribution in [-0.2, 0) is 21.4 Å². The lowest BCUT2D eigenvalue weighted by Gasteiger charge is -2.09. The van der Waals surface area contributed by atoms with Crippen LogP contribution in [-0.4, -0.2) is 52.8 Å². The summed E-state index contributed by atoms with van der Waals surface area (Å²) in [4.78, 5) is 10.6. The second-order valence-electron chi connectivity index (χ2n) is 4.62. The number of aromatic nitrogens is 3. The summed E-state index contributed by atoms with van der Waals surface area (Å²) in [5.41, 5.74) is 0. The quantitative estimate of drug-likeness (QED) is 0.642. The Labute approximate surface area is 121 Å². The summed E-state index contributed by atoms with van der Waals surface area (Å²) in [7, 11) is -3.24. The van der Waals surface area contributed by atoms with Crippen molar-refractivity contribution in [2.24, 2.45) is 0 Å². The van der Waals surface area contributed by atoms with Gasteiger partial charge >= 0.3 is 5.97 Å². The zero-order valence-electron chi connectivity index (χ0n) is 10.9. The molecule has 2 rings (SSSR count). The Bertz CT molecular complexity index is 594. The number of nitrogens with zero attached hydrogens (tertiary/aromatic N) is 3. The van der Waals surface area contributed by atoms with Gasteiger partial charge in [0.05, 0.1) is 12.0 Å². The molecule has 0 saturated heterocycles. The highest BCUT2D eigenvalue weighted by atomic mass is 32.2. The molecule has 0 bridgehead atoms. The van der Waals surface area contributed by atoms with Crippen LogP contribution in [0.15, 0.2) is 5.16 Å². The summed E-state index contributed by atoms with van der Waals surface area (Å²) >= 11 is 1.09. The molecule has 112 valence electrons. The lowest BCUT2D eigenvalue weighted by Crippen LogP contribution is -2.26. The molecule has 0 radical (unpaired) electrons. The number of carboxylic acid groups (broad SMARTS) is 1. The maximum absolute atomic E-state index is 11.1. The molecule has 8 nitrogen and oxygen atoms in total. The molecule has 1 heterocycles. The number of carbonyl (C=O) groups is 1. The van der Waals surface area contributed by atoms with Crippen molar-refractivity contribution in [2.75, 3.05) is 18.6 Å².